The number of nitrogens with zero attached hydrogens (tertiary/aromatic N) is 1. The predicted octanol–water partition coefficient (Wildman–Crippen LogP) is 3.04. The van der Waals surface area contributed by atoms with Crippen LogP contribution < -0.4 is 11.1 Å². The van der Waals surface area contributed by atoms with Gasteiger partial charge in [0.15, 0.2) is 0 Å². The summed E-state index contributed by atoms with van der Waals surface area (Å²) >= 11 is 0. The van der Waals surface area contributed by atoms with Crippen LogP contribution in [0.3, 0.4) is 0 Å². The molecule has 2 heterocycles. The Hall–Kier alpha value is -2.41. The van der Waals surface area contributed by atoms with Gasteiger partial charge in [-0.2, -0.15) is 0 Å². The van der Waals surface area contributed by atoms with Crippen LogP contribution in [-0.2, 0) is 9.53 Å². The number of carbonyl (C=O) groups is 2. The Balaban J connectivity index is 0.00000256. The molecule has 0 spiro atoms. The summed E-state index contributed by atoms with van der Waals surface area (Å²) in [5, 5.41) is 2.87. The van der Waals surface area contributed by atoms with Crippen molar-refractivity contribution in [2.24, 2.45) is 11.7 Å². The highest BCUT2D eigenvalue weighted by atomic mass is 35.5. The summed E-state index contributed by atoms with van der Waals surface area (Å²) in [5.41, 5.74) is 8.41. The number of nitrogens with one attached hydrogen (secondary N) is 1. The van der Waals surface area contributed by atoms with Gasteiger partial charge in [0.25, 0.3) is 11.8 Å². The van der Waals surface area contributed by atoms with Gasteiger partial charge in [0.05, 0.1) is 0 Å². The first-order valence-electron chi connectivity index (χ1n) is 10.2. The zero-order chi connectivity index (χ0) is 20.2. The molecule has 2 saturated heterocycles. The summed E-state index contributed by atoms with van der Waals surface area (Å²) in [6, 6.07) is 17.4. The number of likely N-dealkylation sites (tertiary alicyclic amines) is 1. The normalized spacial score (nSPS) is 23.1. The quantitative estimate of drug-likeness (QED) is 0.765. The molecular weight excluding hydrogens is 402 g/mol. The first-order chi connectivity index (χ1) is 14.2. The van der Waals surface area contributed by atoms with Crippen molar-refractivity contribution in [2.45, 2.75) is 24.9 Å². The van der Waals surface area contributed by atoms with Gasteiger partial charge in [-0.25, -0.2) is 0 Å². The van der Waals surface area contributed by atoms with Crippen molar-refractivity contribution in [1.29, 1.82) is 0 Å². The van der Waals surface area contributed by atoms with E-state index < -0.39 is 6.10 Å². The number of rotatable bonds is 5. The van der Waals surface area contributed by atoms with Gasteiger partial charge >= 0.3 is 0 Å². The maximum absolute atomic E-state index is 13.1. The molecule has 0 bridgehead atoms. The Morgan fingerprint density at radius 1 is 1.10 bits per heavy atom. The number of amides is 2. The number of carbonyl (C=O) groups excluding carboxylic acids is 2. The Kier molecular flexibility index (Phi) is 7.48. The second kappa shape index (κ2) is 10.1. The molecule has 2 aliphatic rings. The first kappa shape index (κ1) is 22.3. The van der Waals surface area contributed by atoms with E-state index in [2.05, 4.69) is 17.4 Å². The van der Waals surface area contributed by atoms with Gasteiger partial charge in [-0.05, 0) is 49.1 Å². The maximum Gasteiger partial charge on any atom is 0.253 e. The third-order valence-corrected chi connectivity index (χ3v) is 5.86. The molecular formula is C23H28ClN3O3. The Morgan fingerprint density at radius 2 is 1.90 bits per heavy atom. The number of ether oxygens (including phenoxy) is 1. The molecule has 2 amide bonds. The van der Waals surface area contributed by atoms with Crippen molar-refractivity contribution >= 4 is 29.9 Å². The lowest BCUT2D eigenvalue weighted by molar-refractivity contribution is -0.124. The minimum Gasteiger partial charge on any atom is -0.368 e. The third-order valence-electron chi connectivity index (χ3n) is 5.86. The molecule has 2 aliphatic heterocycles. The van der Waals surface area contributed by atoms with Crippen LogP contribution in [0.2, 0.25) is 0 Å². The predicted molar refractivity (Wildman–Crippen MR) is 119 cm³/mol. The van der Waals surface area contributed by atoms with Crippen LogP contribution in [0.15, 0.2) is 54.6 Å². The molecule has 3 atom stereocenters. The zero-order valence-corrected chi connectivity index (χ0v) is 17.6. The van der Waals surface area contributed by atoms with E-state index in [9.17, 15) is 9.59 Å². The van der Waals surface area contributed by atoms with Crippen molar-refractivity contribution in [3.63, 3.8) is 0 Å². The van der Waals surface area contributed by atoms with Crippen molar-refractivity contribution in [1.82, 2.24) is 4.90 Å². The van der Waals surface area contributed by atoms with E-state index in [1.165, 1.54) is 5.56 Å². The lowest BCUT2D eigenvalue weighted by atomic mass is 9.89. The van der Waals surface area contributed by atoms with E-state index >= 15 is 0 Å². The van der Waals surface area contributed by atoms with Crippen LogP contribution in [0.5, 0.6) is 0 Å². The molecule has 7 heteroatoms. The second-order valence-electron chi connectivity index (χ2n) is 7.79. The maximum atomic E-state index is 13.1. The molecule has 30 heavy (non-hydrogen) atoms. The summed E-state index contributed by atoms with van der Waals surface area (Å²) < 4.78 is 5.42. The van der Waals surface area contributed by atoms with Crippen molar-refractivity contribution < 1.29 is 14.3 Å². The van der Waals surface area contributed by atoms with Gasteiger partial charge in [-0.15, -0.1) is 12.4 Å². The molecule has 6 nitrogen and oxygen atoms in total. The molecule has 2 aromatic carbocycles. The van der Waals surface area contributed by atoms with Crippen LogP contribution in [0.4, 0.5) is 5.69 Å². The van der Waals surface area contributed by atoms with Crippen LogP contribution in [0.1, 0.15) is 34.7 Å². The van der Waals surface area contributed by atoms with E-state index in [4.69, 9.17) is 10.5 Å². The molecule has 0 saturated carbocycles. The smallest absolute Gasteiger partial charge is 0.253 e. The molecule has 0 aromatic heterocycles. The van der Waals surface area contributed by atoms with Crippen molar-refractivity contribution in [3.05, 3.63) is 65.7 Å². The minimum atomic E-state index is -0.398. The van der Waals surface area contributed by atoms with Crippen LogP contribution >= 0.6 is 12.4 Å². The monoisotopic (exact) mass is 429 g/mol. The van der Waals surface area contributed by atoms with Crippen LogP contribution in [-0.4, -0.2) is 49.1 Å². The van der Waals surface area contributed by atoms with Crippen molar-refractivity contribution in [2.75, 3.05) is 31.6 Å². The van der Waals surface area contributed by atoms with E-state index in [1.807, 2.05) is 23.1 Å². The Bertz CT molecular complexity index is 871. The average molecular weight is 430 g/mol. The number of anilines is 1. The minimum absolute atomic E-state index is 0. The fourth-order valence-corrected chi connectivity index (χ4v) is 4.27. The highest BCUT2D eigenvalue weighted by Gasteiger charge is 2.35. The number of halogens is 1. The largest absolute Gasteiger partial charge is 0.368 e. The molecule has 0 radical (unpaired) electrons. The van der Waals surface area contributed by atoms with Gasteiger partial charge in [0, 0.05) is 36.9 Å². The summed E-state index contributed by atoms with van der Waals surface area (Å²) in [5.74, 6) is 0.298. The third kappa shape index (κ3) is 4.83. The fourth-order valence-electron chi connectivity index (χ4n) is 4.27. The summed E-state index contributed by atoms with van der Waals surface area (Å²) in [4.78, 5) is 27.3. The topological polar surface area (TPSA) is 84.7 Å². The molecule has 2 aromatic rings. The summed E-state index contributed by atoms with van der Waals surface area (Å²) in [6.07, 6.45) is 1.24. The Labute approximate surface area is 183 Å². The molecule has 4 rings (SSSR count). The number of hydrogen-bond acceptors (Lipinski definition) is 4. The van der Waals surface area contributed by atoms with Gasteiger partial charge in [0.2, 0.25) is 0 Å². The molecule has 160 valence electrons. The van der Waals surface area contributed by atoms with E-state index in [0.29, 0.717) is 37.5 Å². The van der Waals surface area contributed by atoms with Gasteiger partial charge in [0.1, 0.15) is 6.10 Å². The van der Waals surface area contributed by atoms with Crippen molar-refractivity contribution in [3.8, 4) is 0 Å². The van der Waals surface area contributed by atoms with E-state index in [-0.39, 0.29) is 36.1 Å². The van der Waals surface area contributed by atoms with Crippen LogP contribution in [0, 0.1) is 5.92 Å². The van der Waals surface area contributed by atoms with Gasteiger partial charge in [-0.1, -0.05) is 36.4 Å². The van der Waals surface area contributed by atoms with Gasteiger partial charge < -0.3 is 20.7 Å². The lowest BCUT2D eigenvalue weighted by Gasteiger charge is -2.17. The highest BCUT2D eigenvalue weighted by molar-refractivity contribution is 5.98. The van der Waals surface area contributed by atoms with E-state index in [1.54, 1.807) is 24.3 Å². The summed E-state index contributed by atoms with van der Waals surface area (Å²) in [7, 11) is 0. The number of benzene rings is 2. The highest BCUT2D eigenvalue weighted by Crippen LogP contribution is 2.33. The first-order valence-corrected chi connectivity index (χ1v) is 10.2. The lowest BCUT2D eigenvalue weighted by Crippen LogP contribution is -2.30. The zero-order valence-electron chi connectivity index (χ0n) is 16.8. The number of hydrogen-bond donors (Lipinski definition) is 2. The average Bonchev–Trinajstić information content (AvgIpc) is 3.44. The van der Waals surface area contributed by atoms with Crippen LogP contribution in [0.25, 0.3) is 0 Å². The molecule has 0 aliphatic carbocycles. The Morgan fingerprint density at radius 3 is 2.60 bits per heavy atom. The van der Waals surface area contributed by atoms with Gasteiger partial charge in [-0.3, -0.25) is 9.59 Å². The summed E-state index contributed by atoms with van der Waals surface area (Å²) in [6.45, 7) is 2.45. The number of nitrogens with two attached hydrogens (primary N) is 1. The molecule has 1 unspecified atom stereocenters. The standard InChI is InChI=1S/C23H27N3O3.ClH/c24-13-18-14-26(15-20(18)16-6-2-1-3-7-16)23(28)17-8-4-9-19(12-17)25-22(27)21-10-5-11-29-21;/h1-4,6-9,12,18,20-21H,5,10-11,13-15,24H2,(H,25,27);1H/t18-,20+,21?;/m1./s1. The SMILES string of the molecule is Cl.NC[C@@H]1CN(C(=O)c2cccc(NC(=O)C3CCCO3)c2)C[C@H]1c1ccccc1. The molecule has 3 N–H and O–H groups in total. The molecule has 2 fully saturated rings. The fraction of sp³-hybridized carbons (Fsp3) is 0.391. The van der Waals surface area contributed by atoms with E-state index in [0.717, 1.165) is 12.8 Å². The second-order valence-corrected chi connectivity index (χ2v) is 7.79.